The van der Waals surface area contributed by atoms with Gasteiger partial charge < -0.3 is 9.32 Å². The first kappa shape index (κ1) is 33.3. The predicted octanol–water partition coefficient (Wildman–Crippen LogP) is 13.4. The number of benzene rings is 5. The van der Waals surface area contributed by atoms with Crippen molar-refractivity contribution < 1.29 is 4.42 Å². The van der Waals surface area contributed by atoms with Gasteiger partial charge in [-0.25, -0.2) is 0 Å². The molecule has 0 saturated heterocycles. The Labute approximate surface area is 308 Å². The molecular formula is C50H45NO. The highest BCUT2D eigenvalue weighted by atomic mass is 16.3. The van der Waals surface area contributed by atoms with E-state index >= 15 is 0 Å². The molecule has 5 aromatic carbocycles. The summed E-state index contributed by atoms with van der Waals surface area (Å²) in [5.41, 5.74) is 17.3. The Morgan fingerprint density at radius 2 is 1.37 bits per heavy atom. The molecule has 1 heterocycles. The molecule has 2 nitrogen and oxygen atoms in total. The third-order valence-corrected chi connectivity index (χ3v) is 11.0. The summed E-state index contributed by atoms with van der Waals surface area (Å²) >= 11 is 0. The molecule has 8 rings (SSSR count). The van der Waals surface area contributed by atoms with E-state index in [1.165, 1.54) is 55.6 Å². The third kappa shape index (κ3) is 5.08. The molecule has 0 saturated carbocycles. The van der Waals surface area contributed by atoms with Crippen molar-refractivity contribution in [3.8, 4) is 11.1 Å². The molecule has 1 aromatic heterocycles. The molecule has 0 bridgehead atoms. The van der Waals surface area contributed by atoms with Crippen LogP contribution in [0.25, 0.3) is 35.1 Å². The number of allylic oxidation sites excluding steroid dienone is 2. The molecule has 0 radical (unpaired) electrons. The quantitative estimate of drug-likeness (QED) is 0.151. The fraction of sp³-hybridized carbons (Fsp3) is 0.160. The second-order valence-corrected chi connectivity index (χ2v) is 14.0. The van der Waals surface area contributed by atoms with Gasteiger partial charge in [0.05, 0.1) is 11.1 Å². The minimum Gasteiger partial charge on any atom is -0.465 e. The minimum absolute atomic E-state index is 0.572. The fourth-order valence-electron chi connectivity index (χ4n) is 8.71. The molecule has 0 spiro atoms. The Bertz CT molecular complexity index is 2350. The second-order valence-electron chi connectivity index (χ2n) is 14.0. The normalized spacial score (nSPS) is 14.0. The molecule has 0 aliphatic heterocycles. The van der Waals surface area contributed by atoms with Crippen molar-refractivity contribution in [2.75, 3.05) is 4.90 Å². The predicted molar refractivity (Wildman–Crippen MR) is 221 cm³/mol. The van der Waals surface area contributed by atoms with Gasteiger partial charge >= 0.3 is 0 Å². The number of rotatable bonds is 9. The van der Waals surface area contributed by atoms with Crippen LogP contribution in [0.4, 0.5) is 11.4 Å². The van der Waals surface area contributed by atoms with Gasteiger partial charge in [-0.1, -0.05) is 141 Å². The maximum atomic E-state index is 6.49. The average molecular weight is 676 g/mol. The van der Waals surface area contributed by atoms with Gasteiger partial charge in [0.25, 0.3) is 0 Å². The van der Waals surface area contributed by atoms with Gasteiger partial charge in [0.15, 0.2) is 0 Å². The Morgan fingerprint density at radius 1 is 0.712 bits per heavy atom. The van der Waals surface area contributed by atoms with Crippen LogP contribution in [0.15, 0.2) is 139 Å². The highest BCUT2D eigenvalue weighted by molar-refractivity contribution is 5.97. The molecule has 0 N–H and O–H groups in total. The highest BCUT2D eigenvalue weighted by Crippen LogP contribution is 2.59. The lowest BCUT2D eigenvalue weighted by atomic mass is 9.67. The number of aryl methyl sites for hydroxylation is 4. The molecule has 0 amide bonds. The van der Waals surface area contributed by atoms with Crippen LogP contribution in [0.3, 0.4) is 0 Å². The maximum Gasteiger partial charge on any atom is 0.114 e. The van der Waals surface area contributed by atoms with Crippen molar-refractivity contribution in [3.63, 3.8) is 0 Å². The van der Waals surface area contributed by atoms with Crippen LogP contribution in [0, 0.1) is 20.8 Å². The standard InChI is InChI=1S/C50H45NO/c1-7-10-22-42-35(6)52-47-24-17-23-46(49(42)47)51(38-27-25-33(4)26-28-38)39-29-30-43-44(32-39)50(36-18-13-11-14-19-36,37-20-15-12-16-21-37)45-31-34(5)40(8-2)41(9-3)48(43)45/h8-16,18-23,25-32H,2-3,7,17,24H2,1,4-6H3/b22-10-. The van der Waals surface area contributed by atoms with Crippen molar-refractivity contribution in [2.45, 2.75) is 52.4 Å². The summed E-state index contributed by atoms with van der Waals surface area (Å²) in [6.45, 7) is 17.2. The third-order valence-electron chi connectivity index (χ3n) is 11.0. The summed E-state index contributed by atoms with van der Waals surface area (Å²) in [7, 11) is 0. The SMILES string of the molecule is C=Cc1c(C)cc2c(c1C=C)-c1ccc(N(C3=CCCc4oc(C)c(/C=C\CC)c43)c3ccc(C)cc3)cc1C2(c1ccccc1)c1ccccc1. The van der Waals surface area contributed by atoms with E-state index < -0.39 is 5.41 Å². The lowest BCUT2D eigenvalue weighted by Gasteiger charge is -2.36. The van der Waals surface area contributed by atoms with Crippen LogP contribution >= 0.6 is 0 Å². The summed E-state index contributed by atoms with van der Waals surface area (Å²) in [5.74, 6) is 2.02. The number of hydrogen-bond donors (Lipinski definition) is 0. The fourth-order valence-corrected chi connectivity index (χ4v) is 8.71. The lowest BCUT2D eigenvalue weighted by Crippen LogP contribution is -2.29. The molecule has 0 unspecified atom stereocenters. The van der Waals surface area contributed by atoms with E-state index in [-0.39, 0.29) is 0 Å². The number of anilines is 2. The summed E-state index contributed by atoms with van der Waals surface area (Å²) in [6.07, 6.45) is 13.7. The molecule has 0 fully saturated rings. The van der Waals surface area contributed by atoms with Gasteiger partial charge in [-0.3, -0.25) is 0 Å². The first-order valence-electron chi connectivity index (χ1n) is 18.5. The van der Waals surface area contributed by atoms with Gasteiger partial charge in [0, 0.05) is 28.9 Å². The van der Waals surface area contributed by atoms with Crippen molar-refractivity contribution in [1.82, 2.24) is 0 Å². The average Bonchev–Trinajstić information content (AvgIpc) is 3.66. The Kier molecular flexibility index (Phi) is 8.55. The van der Waals surface area contributed by atoms with Crippen LogP contribution in [0.5, 0.6) is 0 Å². The van der Waals surface area contributed by atoms with E-state index in [0.717, 1.165) is 59.0 Å². The van der Waals surface area contributed by atoms with Gasteiger partial charge in [-0.2, -0.15) is 0 Å². The van der Waals surface area contributed by atoms with Gasteiger partial charge in [-0.05, 0) is 108 Å². The van der Waals surface area contributed by atoms with Crippen LogP contribution in [-0.4, -0.2) is 0 Å². The summed E-state index contributed by atoms with van der Waals surface area (Å²) < 4.78 is 6.49. The zero-order valence-corrected chi connectivity index (χ0v) is 30.7. The van der Waals surface area contributed by atoms with E-state index in [9.17, 15) is 0 Å². The zero-order valence-electron chi connectivity index (χ0n) is 30.7. The highest BCUT2D eigenvalue weighted by Gasteiger charge is 2.47. The smallest absolute Gasteiger partial charge is 0.114 e. The monoisotopic (exact) mass is 675 g/mol. The van der Waals surface area contributed by atoms with Crippen molar-refractivity contribution >= 4 is 35.3 Å². The van der Waals surface area contributed by atoms with E-state index in [0.29, 0.717) is 0 Å². The number of nitrogens with zero attached hydrogens (tertiary/aromatic N) is 1. The van der Waals surface area contributed by atoms with Crippen molar-refractivity contribution in [3.05, 3.63) is 202 Å². The molecule has 2 aliphatic carbocycles. The van der Waals surface area contributed by atoms with Gasteiger partial charge in [-0.15, -0.1) is 0 Å². The van der Waals surface area contributed by atoms with Crippen molar-refractivity contribution in [2.24, 2.45) is 0 Å². The first-order valence-corrected chi connectivity index (χ1v) is 18.5. The number of furan rings is 1. The summed E-state index contributed by atoms with van der Waals surface area (Å²) in [4.78, 5) is 2.45. The molecule has 2 heteroatoms. The maximum absolute atomic E-state index is 6.49. The second kappa shape index (κ2) is 13.4. The van der Waals surface area contributed by atoms with Gasteiger partial charge in [0.1, 0.15) is 11.5 Å². The molecular weight excluding hydrogens is 631 g/mol. The molecule has 0 atom stereocenters. The molecule has 52 heavy (non-hydrogen) atoms. The largest absolute Gasteiger partial charge is 0.465 e. The first-order chi connectivity index (χ1) is 25.4. The Morgan fingerprint density at radius 3 is 2.00 bits per heavy atom. The molecule has 256 valence electrons. The van der Waals surface area contributed by atoms with E-state index in [1.807, 2.05) is 12.2 Å². The summed E-state index contributed by atoms with van der Waals surface area (Å²) in [5, 5.41) is 0. The van der Waals surface area contributed by atoms with Crippen LogP contribution in [-0.2, 0) is 11.8 Å². The minimum atomic E-state index is -0.572. The zero-order chi connectivity index (χ0) is 36.0. The number of hydrogen-bond acceptors (Lipinski definition) is 2. The van der Waals surface area contributed by atoms with Crippen LogP contribution < -0.4 is 4.90 Å². The topological polar surface area (TPSA) is 16.4 Å². The van der Waals surface area contributed by atoms with Crippen LogP contribution in [0.2, 0.25) is 0 Å². The lowest BCUT2D eigenvalue weighted by molar-refractivity contribution is 0.480. The number of fused-ring (bicyclic) bond motifs is 4. The van der Waals surface area contributed by atoms with Gasteiger partial charge in [0.2, 0.25) is 0 Å². The Balaban J connectivity index is 1.47. The van der Waals surface area contributed by atoms with Crippen LogP contribution in [0.1, 0.15) is 86.9 Å². The van der Waals surface area contributed by atoms with E-state index in [4.69, 9.17) is 4.42 Å². The summed E-state index contributed by atoms with van der Waals surface area (Å²) in [6, 6.07) is 40.5. The molecule has 6 aromatic rings. The Hall–Kier alpha value is -5.86. The van der Waals surface area contributed by atoms with E-state index in [1.54, 1.807) is 0 Å². The molecule has 2 aliphatic rings. The van der Waals surface area contributed by atoms with Crippen molar-refractivity contribution in [1.29, 1.82) is 0 Å². The van der Waals surface area contributed by atoms with E-state index in [2.05, 4.69) is 173 Å².